The molecule has 1 rings (SSSR count). The van der Waals surface area contributed by atoms with Crippen LogP contribution in [0.2, 0.25) is 0 Å². The predicted octanol–water partition coefficient (Wildman–Crippen LogP) is 7.56. The summed E-state index contributed by atoms with van der Waals surface area (Å²) in [6, 6.07) is 6.79. The SMILES string of the molecule is CC(C)c1cccc(C(C)C)c1CCCCCCCCCOP(=O)(O)Cl. The summed E-state index contributed by atoms with van der Waals surface area (Å²) in [7, 11) is 0. The van der Waals surface area contributed by atoms with Crippen molar-refractivity contribution in [2.24, 2.45) is 0 Å². The summed E-state index contributed by atoms with van der Waals surface area (Å²) in [5, 5.41) is 0. The molecule has 0 heterocycles. The first-order valence-electron chi connectivity index (χ1n) is 10.0. The lowest BCUT2D eigenvalue weighted by Crippen LogP contribution is -2.03. The van der Waals surface area contributed by atoms with Crippen molar-refractivity contribution in [3.8, 4) is 0 Å². The Morgan fingerprint density at radius 2 is 1.38 bits per heavy atom. The molecule has 5 heteroatoms. The van der Waals surface area contributed by atoms with Crippen molar-refractivity contribution in [1.82, 2.24) is 0 Å². The zero-order valence-corrected chi connectivity index (χ0v) is 18.5. The summed E-state index contributed by atoms with van der Waals surface area (Å²) in [6.07, 6.45) is 9.08. The Bertz CT molecular complexity index is 540. The van der Waals surface area contributed by atoms with E-state index in [4.69, 9.17) is 16.1 Å². The highest BCUT2D eigenvalue weighted by atomic mass is 35.7. The molecule has 1 unspecified atom stereocenters. The van der Waals surface area contributed by atoms with Gasteiger partial charge in [-0.05, 0) is 47.8 Å². The van der Waals surface area contributed by atoms with Crippen LogP contribution < -0.4 is 0 Å². The van der Waals surface area contributed by atoms with E-state index in [9.17, 15) is 4.57 Å². The highest BCUT2D eigenvalue weighted by molar-refractivity contribution is 7.80. The fourth-order valence-corrected chi connectivity index (χ4v) is 4.02. The van der Waals surface area contributed by atoms with Gasteiger partial charge in [-0.15, -0.1) is 0 Å². The molecule has 0 fully saturated rings. The molecule has 1 aromatic carbocycles. The monoisotopic (exact) mass is 402 g/mol. The van der Waals surface area contributed by atoms with E-state index in [1.54, 1.807) is 5.56 Å². The van der Waals surface area contributed by atoms with E-state index in [0.717, 1.165) is 19.3 Å². The average Bonchev–Trinajstić information content (AvgIpc) is 2.55. The zero-order valence-electron chi connectivity index (χ0n) is 16.8. The minimum atomic E-state index is -3.82. The lowest BCUT2D eigenvalue weighted by molar-refractivity contribution is 0.266. The predicted molar refractivity (Wildman–Crippen MR) is 112 cm³/mol. The Hall–Kier alpha value is -0.340. The Balaban J connectivity index is 2.27. The number of benzene rings is 1. The molecule has 0 amide bonds. The lowest BCUT2D eigenvalue weighted by Gasteiger charge is -2.19. The van der Waals surface area contributed by atoms with Gasteiger partial charge in [0.05, 0.1) is 6.61 Å². The van der Waals surface area contributed by atoms with E-state index in [0.29, 0.717) is 11.8 Å². The molecule has 0 saturated heterocycles. The van der Waals surface area contributed by atoms with E-state index in [2.05, 4.69) is 50.4 Å². The molecule has 0 bridgehead atoms. The molecule has 0 aliphatic heterocycles. The number of rotatable bonds is 13. The Morgan fingerprint density at radius 3 is 1.85 bits per heavy atom. The maximum absolute atomic E-state index is 10.8. The second-order valence-electron chi connectivity index (χ2n) is 7.73. The van der Waals surface area contributed by atoms with Crippen LogP contribution in [0.5, 0.6) is 0 Å². The first-order valence-corrected chi connectivity index (χ1v) is 12.5. The van der Waals surface area contributed by atoms with Crippen LogP contribution in [0.1, 0.15) is 101 Å². The Kier molecular flexibility index (Phi) is 11.1. The van der Waals surface area contributed by atoms with Crippen LogP contribution in [0.25, 0.3) is 0 Å². The largest absolute Gasteiger partial charge is 0.421 e. The van der Waals surface area contributed by atoms with E-state index in [1.165, 1.54) is 43.2 Å². The molecular weight excluding hydrogens is 367 g/mol. The van der Waals surface area contributed by atoms with Crippen molar-refractivity contribution in [3.05, 3.63) is 34.9 Å². The highest BCUT2D eigenvalue weighted by Crippen LogP contribution is 2.47. The smallest absolute Gasteiger partial charge is 0.313 e. The molecule has 0 aromatic heterocycles. The maximum atomic E-state index is 10.8. The van der Waals surface area contributed by atoms with Crippen molar-refractivity contribution in [3.63, 3.8) is 0 Å². The number of hydrogen-bond donors (Lipinski definition) is 1. The molecule has 0 spiro atoms. The summed E-state index contributed by atoms with van der Waals surface area (Å²) in [5.74, 6) is 1.15. The molecule has 0 aliphatic rings. The minimum Gasteiger partial charge on any atom is -0.313 e. The van der Waals surface area contributed by atoms with Gasteiger partial charge in [0.2, 0.25) is 0 Å². The third-order valence-electron chi connectivity index (χ3n) is 4.81. The number of hydrogen-bond acceptors (Lipinski definition) is 2. The number of halogens is 1. The van der Waals surface area contributed by atoms with Gasteiger partial charge in [-0.2, -0.15) is 0 Å². The molecule has 0 radical (unpaired) electrons. The van der Waals surface area contributed by atoms with Crippen molar-refractivity contribution in [1.29, 1.82) is 0 Å². The number of unbranched alkanes of at least 4 members (excludes halogenated alkanes) is 6. The highest BCUT2D eigenvalue weighted by Gasteiger charge is 2.13. The van der Waals surface area contributed by atoms with E-state index < -0.39 is 6.95 Å². The molecule has 1 N–H and O–H groups in total. The molecule has 1 atom stereocenters. The molecule has 0 saturated carbocycles. The zero-order chi connectivity index (χ0) is 19.6. The average molecular weight is 403 g/mol. The van der Waals surface area contributed by atoms with E-state index in [1.807, 2.05) is 0 Å². The molecule has 150 valence electrons. The van der Waals surface area contributed by atoms with Crippen molar-refractivity contribution < 1.29 is 14.0 Å². The molecule has 26 heavy (non-hydrogen) atoms. The summed E-state index contributed by atoms with van der Waals surface area (Å²) < 4.78 is 15.4. The van der Waals surface area contributed by atoms with Crippen molar-refractivity contribution in [2.75, 3.05) is 6.61 Å². The topological polar surface area (TPSA) is 46.5 Å². The van der Waals surface area contributed by atoms with Gasteiger partial charge in [-0.1, -0.05) is 78.0 Å². The van der Waals surface area contributed by atoms with Crippen LogP contribution in [0.3, 0.4) is 0 Å². The second-order valence-corrected chi connectivity index (χ2v) is 10.2. The van der Waals surface area contributed by atoms with Crippen LogP contribution in [-0.2, 0) is 15.5 Å². The van der Waals surface area contributed by atoms with Crippen LogP contribution in [0, 0.1) is 0 Å². The van der Waals surface area contributed by atoms with E-state index in [-0.39, 0.29) is 6.61 Å². The molecule has 3 nitrogen and oxygen atoms in total. The molecule has 1 aromatic rings. The minimum absolute atomic E-state index is 0.265. The lowest BCUT2D eigenvalue weighted by atomic mass is 9.86. The van der Waals surface area contributed by atoms with Gasteiger partial charge in [-0.25, -0.2) is 4.57 Å². The van der Waals surface area contributed by atoms with Gasteiger partial charge >= 0.3 is 6.95 Å². The summed E-state index contributed by atoms with van der Waals surface area (Å²) in [4.78, 5) is 8.82. The first kappa shape index (κ1) is 23.7. The van der Waals surface area contributed by atoms with Crippen LogP contribution >= 0.6 is 18.2 Å². The summed E-state index contributed by atoms with van der Waals surface area (Å²) in [6.45, 7) is 5.59. The van der Waals surface area contributed by atoms with Crippen LogP contribution in [0.15, 0.2) is 18.2 Å². The standard InChI is InChI=1S/C21H36ClO3P/c1-17(2)19-14-12-15-20(18(3)4)21(19)13-10-8-6-5-7-9-11-16-25-26(22,23)24/h12,14-15,17-18H,5-11,13,16H2,1-4H3,(H,23,24). The summed E-state index contributed by atoms with van der Waals surface area (Å²) >= 11 is 5.13. The van der Waals surface area contributed by atoms with Gasteiger partial charge in [0.25, 0.3) is 0 Å². The fourth-order valence-electron chi connectivity index (χ4n) is 3.46. The molecule has 0 aliphatic carbocycles. The van der Waals surface area contributed by atoms with E-state index >= 15 is 0 Å². The Morgan fingerprint density at radius 1 is 0.923 bits per heavy atom. The van der Waals surface area contributed by atoms with Gasteiger partial charge in [0, 0.05) is 11.2 Å². The normalized spacial score (nSPS) is 14.2. The van der Waals surface area contributed by atoms with Gasteiger partial charge in [-0.3, -0.25) is 4.52 Å². The van der Waals surface area contributed by atoms with Crippen molar-refractivity contribution in [2.45, 2.75) is 90.9 Å². The van der Waals surface area contributed by atoms with Gasteiger partial charge < -0.3 is 4.89 Å². The third kappa shape index (κ3) is 9.55. The van der Waals surface area contributed by atoms with Crippen molar-refractivity contribution >= 4 is 18.2 Å². The fraction of sp³-hybridized carbons (Fsp3) is 0.714. The second kappa shape index (κ2) is 12.2. The van der Waals surface area contributed by atoms with Crippen LogP contribution in [-0.4, -0.2) is 11.5 Å². The molecular formula is C21H36ClO3P. The quantitative estimate of drug-likeness (QED) is 0.273. The summed E-state index contributed by atoms with van der Waals surface area (Å²) in [5.41, 5.74) is 4.59. The third-order valence-corrected chi connectivity index (χ3v) is 5.61. The van der Waals surface area contributed by atoms with Gasteiger partial charge in [0.1, 0.15) is 0 Å². The van der Waals surface area contributed by atoms with Gasteiger partial charge in [0.15, 0.2) is 0 Å². The first-order chi connectivity index (χ1) is 12.2. The Labute approximate surface area is 164 Å². The van der Waals surface area contributed by atoms with Crippen LogP contribution in [0.4, 0.5) is 0 Å². The maximum Gasteiger partial charge on any atom is 0.421 e.